The molecule has 9 nitrogen and oxygen atoms in total. The van der Waals surface area contributed by atoms with Crippen molar-refractivity contribution >= 4 is 19.9 Å². The maximum Gasteiger partial charge on any atom is 0.573 e. The standard InChI is InChI=1S/C13H13F3N4O5S2/c1-19-8-17-18-12(19)26(21,22)11-6-20(7-11)27(23,24)10-4-2-9(3-5-10)25-13(14,15)16/h2-5,8,11H,6-7H2,1H3. The summed E-state index contributed by atoms with van der Waals surface area (Å²) in [5, 5.41) is 5.76. The summed E-state index contributed by atoms with van der Waals surface area (Å²) in [5.41, 5.74) is 0. The van der Waals surface area contributed by atoms with Crippen LogP contribution in [0.3, 0.4) is 0 Å². The molecule has 0 aliphatic carbocycles. The van der Waals surface area contributed by atoms with E-state index in [0.717, 1.165) is 28.6 Å². The van der Waals surface area contributed by atoms with Gasteiger partial charge in [-0.1, -0.05) is 0 Å². The fourth-order valence-corrected chi connectivity index (χ4v) is 5.81. The maximum absolute atomic E-state index is 12.5. The first kappa shape index (κ1) is 19.6. The summed E-state index contributed by atoms with van der Waals surface area (Å²) in [6, 6.07) is 3.66. The molecule has 0 saturated carbocycles. The van der Waals surface area contributed by atoms with Crippen molar-refractivity contribution in [2.75, 3.05) is 13.1 Å². The molecule has 1 aliphatic heterocycles. The number of sulfone groups is 1. The van der Waals surface area contributed by atoms with Gasteiger partial charge in [0.1, 0.15) is 12.1 Å². The van der Waals surface area contributed by atoms with E-state index in [4.69, 9.17) is 0 Å². The van der Waals surface area contributed by atoms with Gasteiger partial charge in [0.05, 0.1) is 10.1 Å². The minimum absolute atomic E-state index is 0.266. The molecule has 1 aromatic heterocycles. The topological polar surface area (TPSA) is 111 Å². The Kier molecular flexibility index (Phi) is 4.68. The van der Waals surface area contributed by atoms with Crippen molar-refractivity contribution in [3.8, 4) is 5.75 Å². The smallest absolute Gasteiger partial charge is 0.406 e. The molecule has 3 rings (SSSR count). The van der Waals surface area contributed by atoms with Gasteiger partial charge < -0.3 is 9.30 Å². The van der Waals surface area contributed by atoms with Crippen molar-refractivity contribution < 1.29 is 34.7 Å². The highest BCUT2D eigenvalue weighted by Crippen LogP contribution is 2.29. The molecule has 1 aliphatic rings. The van der Waals surface area contributed by atoms with Crippen molar-refractivity contribution in [1.29, 1.82) is 0 Å². The summed E-state index contributed by atoms with van der Waals surface area (Å²) in [6.07, 6.45) is -3.68. The molecule has 27 heavy (non-hydrogen) atoms. The van der Waals surface area contributed by atoms with E-state index in [1.807, 2.05) is 0 Å². The normalized spacial score (nSPS) is 16.9. The Labute approximate surface area is 152 Å². The zero-order chi connectivity index (χ0) is 20.0. The Bertz CT molecular complexity index is 1040. The van der Waals surface area contributed by atoms with Crippen molar-refractivity contribution in [1.82, 2.24) is 19.1 Å². The summed E-state index contributed by atoms with van der Waals surface area (Å²) in [4.78, 5) is -0.272. The fraction of sp³-hybridized carbons (Fsp3) is 0.385. The molecule has 0 radical (unpaired) electrons. The monoisotopic (exact) mass is 426 g/mol. The molecule has 14 heteroatoms. The molecule has 0 atom stereocenters. The molecule has 148 valence electrons. The van der Waals surface area contributed by atoms with Gasteiger partial charge in [-0.3, -0.25) is 0 Å². The highest BCUT2D eigenvalue weighted by molar-refractivity contribution is 7.92. The van der Waals surface area contributed by atoms with Crippen LogP contribution in [0.25, 0.3) is 0 Å². The molecule has 0 spiro atoms. The average Bonchev–Trinajstić information content (AvgIpc) is 2.91. The SMILES string of the molecule is Cn1cnnc1S(=O)(=O)C1CN(S(=O)(=O)c2ccc(OC(F)(F)F)cc2)C1. The zero-order valence-electron chi connectivity index (χ0n) is 13.7. The van der Waals surface area contributed by atoms with Crippen LogP contribution in [-0.4, -0.2) is 60.6 Å². The molecule has 1 saturated heterocycles. The predicted octanol–water partition coefficient (Wildman–Crippen LogP) is 0.561. The number of alkyl halides is 3. The lowest BCUT2D eigenvalue weighted by Gasteiger charge is -2.36. The molecular weight excluding hydrogens is 413 g/mol. The molecule has 1 fully saturated rings. The number of sulfonamides is 1. The number of hydrogen-bond acceptors (Lipinski definition) is 7. The Morgan fingerprint density at radius 2 is 1.70 bits per heavy atom. The molecule has 0 unspecified atom stereocenters. The first-order valence-electron chi connectivity index (χ1n) is 7.35. The van der Waals surface area contributed by atoms with Gasteiger partial charge in [-0.15, -0.1) is 23.4 Å². The van der Waals surface area contributed by atoms with Crippen LogP contribution in [0, 0.1) is 0 Å². The molecule has 0 N–H and O–H groups in total. The highest BCUT2D eigenvalue weighted by atomic mass is 32.2. The van der Waals surface area contributed by atoms with E-state index in [1.165, 1.54) is 17.9 Å². The van der Waals surface area contributed by atoms with Crippen LogP contribution in [0.4, 0.5) is 13.2 Å². The van der Waals surface area contributed by atoms with Crippen LogP contribution in [0.2, 0.25) is 0 Å². The van der Waals surface area contributed by atoms with E-state index in [9.17, 15) is 30.0 Å². The van der Waals surface area contributed by atoms with Gasteiger partial charge in [0.15, 0.2) is 0 Å². The third kappa shape index (κ3) is 3.77. The number of ether oxygens (including phenoxy) is 1. The minimum atomic E-state index is -4.89. The van der Waals surface area contributed by atoms with Gasteiger partial charge in [-0.05, 0) is 24.3 Å². The minimum Gasteiger partial charge on any atom is -0.406 e. The van der Waals surface area contributed by atoms with Crippen molar-refractivity contribution in [2.45, 2.75) is 21.7 Å². The predicted molar refractivity (Wildman–Crippen MR) is 83.9 cm³/mol. The van der Waals surface area contributed by atoms with E-state index in [-0.39, 0.29) is 23.1 Å². The Balaban J connectivity index is 1.72. The van der Waals surface area contributed by atoms with Crippen LogP contribution < -0.4 is 4.74 Å². The van der Waals surface area contributed by atoms with Gasteiger partial charge in [-0.25, -0.2) is 16.8 Å². The number of nitrogens with zero attached hydrogens (tertiary/aromatic N) is 4. The number of halogens is 3. The molecule has 1 aromatic carbocycles. The molecule has 2 heterocycles. The molecule has 0 bridgehead atoms. The average molecular weight is 426 g/mol. The van der Waals surface area contributed by atoms with Crippen LogP contribution in [0.1, 0.15) is 0 Å². The Morgan fingerprint density at radius 3 is 2.19 bits per heavy atom. The van der Waals surface area contributed by atoms with E-state index in [0.29, 0.717) is 0 Å². The quantitative estimate of drug-likeness (QED) is 0.687. The lowest BCUT2D eigenvalue weighted by Crippen LogP contribution is -2.56. The van der Waals surface area contributed by atoms with E-state index >= 15 is 0 Å². The van der Waals surface area contributed by atoms with Crippen molar-refractivity contribution in [2.24, 2.45) is 7.05 Å². The van der Waals surface area contributed by atoms with Gasteiger partial charge in [0.2, 0.25) is 25.0 Å². The third-order valence-electron chi connectivity index (χ3n) is 3.87. The number of benzene rings is 1. The van der Waals surface area contributed by atoms with Gasteiger partial charge >= 0.3 is 6.36 Å². The number of rotatable bonds is 5. The molecular formula is C13H13F3N4O5S2. The second kappa shape index (κ2) is 6.45. The fourth-order valence-electron chi connectivity index (χ4n) is 2.43. The number of aryl methyl sites for hydroxylation is 1. The molecule has 2 aromatic rings. The lowest BCUT2D eigenvalue weighted by atomic mass is 10.3. The van der Waals surface area contributed by atoms with Gasteiger partial charge in [-0.2, -0.15) is 4.31 Å². The van der Waals surface area contributed by atoms with Crippen LogP contribution in [0.15, 0.2) is 40.6 Å². The second-order valence-corrected chi connectivity index (χ2v) is 9.79. The first-order chi connectivity index (χ1) is 12.4. The van der Waals surface area contributed by atoms with Crippen molar-refractivity contribution in [3.63, 3.8) is 0 Å². The van der Waals surface area contributed by atoms with Crippen LogP contribution >= 0.6 is 0 Å². The van der Waals surface area contributed by atoms with E-state index < -0.39 is 37.2 Å². The summed E-state index contributed by atoms with van der Waals surface area (Å²) in [7, 11) is -6.45. The summed E-state index contributed by atoms with van der Waals surface area (Å²) >= 11 is 0. The largest absolute Gasteiger partial charge is 0.573 e. The van der Waals surface area contributed by atoms with Crippen LogP contribution in [0.5, 0.6) is 5.75 Å². The third-order valence-corrected chi connectivity index (χ3v) is 7.77. The first-order valence-corrected chi connectivity index (χ1v) is 10.3. The summed E-state index contributed by atoms with van der Waals surface area (Å²) < 4.78 is 92.0. The van der Waals surface area contributed by atoms with Crippen LogP contribution in [-0.2, 0) is 26.9 Å². The zero-order valence-corrected chi connectivity index (χ0v) is 15.3. The lowest BCUT2D eigenvalue weighted by molar-refractivity contribution is -0.274. The number of hydrogen-bond donors (Lipinski definition) is 0. The van der Waals surface area contributed by atoms with Gasteiger partial charge in [0.25, 0.3) is 0 Å². The molecule has 0 amide bonds. The number of aromatic nitrogens is 3. The van der Waals surface area contributed by atoms with Crippen molar-refractivity contribution in [3.05, 3.63) is 30.6 Å². The van der Waals surface area contributed by atoms with Gasteiger partial charge in [0, 0.05) is 20.1 Å². The summed E-state index contributed by atoms with van der Waals surface area (Å²) in [6.45, 7) is -0.587. The highest BCUT2D eigenvalue weighted by Gasteiger charge is 2.45. The summed E-state index contributed by atoms with van der Waals surface area (Å²) in [5.74, 6) is -0.562. The second-order valence-electron chi connectivity index (χ2n) is 5.73. The maximum atomic E-state index is 12.5. The van der Waals surface area contributed by atoms with E-state index in [1.54, 1.807) is 0 Å². The Hall–Kier alpha value is -2.19. The van der Waals surface area contributed by atoms with E-state index in [2.05, 4.69) is 14.9 Å². The Morgan fingerprint density at radius 1 is 1.11 bits per heavy atom.